The summed E-state index contributed by atoms with van der Waals surface area (Å²) in [6.45, 7) is -1.37. The Morgan fingerprint density at radius 3 is 2.90 bits per heavy atom. The molecule has 6 nitrogen and oxygen atoms in total. The molecule has 1 saturated heterocycles. The SMILES string of the molecule is N#C[C@@H]1CC(F)(F)CN1C(=O)CNC(=O)c1csc(Cc2ccc(F)cc2Cl)n1. The second kappa shape index (κ2) is 8.39. The van der Waals surface area contributed by atoms with E-state index in [1.54, 1.807) is 6.07 Å². The molecular weight excluding hydrogens is 429 g/mol. The molecule has 0 unspecified atom stereocenters. The number of aromatic nitrogens is 1. The predicted octanol–water partition coefficient (Wildman–Crippen LogP) is 3.02. The zero-order chi connectivity index (χ0) is 21.2. The maximum Gasteiger partial charge on any atom is 0.271 e. The first-order chi connectivity index (χ1) is 13.7. The van der Waals surface area contributed by atoms with Gasteiger partial charge in [0.2, 0.25) is 5.91 Å². The van der Waals surface area contributed by atoms with Gasteiger partial charge in [-0.3, -0.25) is 9.59 Å². The van der Waals surface area contributed by atoms with Crippen molar-refractivity contribution in [3.8, 4) is 6.07 Å². The Hall–Kier alpha value is -2.64. The first kappa shape index (κ1) is 21.1. The summed E-state index contributed by atoms with van der Waals surface area (Å²) in [5.41, 5.74) is 0.696. The lowest BCUT2D eigenvalue weighted by Crippen LogP contribution is -2.43. The van der Waals surface area contributed by atoms with E-state index in [1.807, 2.05) is 0 Å². The molecule has 2 aromatic rings. The minimum absolute atomic E-state index is 0.0552. The minimum Gasteiger partial charge on any atom is -0.342 e. The van der Waals surface area contributed by atoms with Crippen molar-refractivity contribution in [3.63, 3.8) is 0 Å². The van der Waals surface area contributed by atoms with Gasteiger partial charge in [0.25, 0.3) is 11.8 Å². The van der Waals surface area contributed by atoms with Gasteiger partial charge in [-0.15, -0.1) is 11.3 Å². The lowest BCUT2D eigenvalue weighted by molar-refractivity contribution is -0.131. The fourth-order valence-electron chi connectivity index (χ4n) is 2.87. The average molecular weight is 443 g/mol. The largest absolute Gasteiger partial charge is 0.342 e. The number of hydrogen-bond donors (Lipinski definition) is 1. The summed E-state index contributed by atoms with van der Waals surface area (Å²) in [5.74, 6) is -5.00. The summed E-state index contributed by atoms with van der Waals surface area (Å²) in [6, 6.07) is 4.42. The lowest BCUT2D eigenvalue weighted by Gasteiger charge is -2.19. The molecular formula is C18H14ClF3N4O2S. The highest BCUT2D eigenvalue weighted by Gasteiger charge is 2.47. The zero-order valence-electron chi connectivity index (χ0n) is 14.8. The van der Waals surface area contributed by atoms with Gasteiger partial charge >= 0.3 is 0 Å². The number of carbonyl (C=O) groups is 2. The molecule has 3 rings (SSSR count). The summed E-state index contributed by atoms with van der Waals surface area (Å²) >= 11 is 7.17. The van der Waals surface area contributed by atoms with E-state index in [0.29, 0.717) is 17.0 Å². The van der Waals surface area contributed by atoms with Crippen LogP contribution < -0.4 is 5.32 Å². The van der Waals surface area contributed by atoms with Gasteiger partial charge in [-0.05, 0) is 17.7 Å². The monoisotopic (exact) mass is 442 g/mol. The van der Waals surface area contributed by atoms with Crippen molar-refractivity contribution in [1.82, 2.24) is 15.2 Å². The van der Waals surface area contributed by atoms with E-state index in [0.717, 1.165) is 4.90 Å². The van der Waals surface area contributed by atoms with Gasteiger partial charge in [-0.25, -0.2) is 18.2 Å². The predicted molar refractivity (Wildman–Crippen MR) is 99.3 cm³/mol. The molecule has 29 heavy (non-hydrogen) atoms. The number of nitriles is 1. The molecule has 0 aliphatic carbocycles. The van der Waals surface area contributed by atoms with Crippen LogP contribution in [-0.2, 0) is 11.2 Å². The maximum absolute atomic E-state index is 13.4. The summed E-state index contributed by atoms with van der Waals surface area (Å²) in [4.78, 5) is 29.2. The molecule has 11 heteroatoms. The Morgan fingerprint density at radius 2 is 2.21 bits per heavy atom. The number of halogens is 4. The number of amides is 2. The molecule has 0 bridgehead atoms. The number of hydrogen-bond acceptors (Lipinski definition) is 5. The Bertz CT molecular complexity index is 992. The topological polar surface area (TPSA) is 86.1 Å². The van der Waals surface area contributed by atoms with Crippen LogP contribution in [0.1, 0.15) is 27.5 Å². The van der Waals surface area contributed by atoms with E-state index < -0.39 is 49.1 Å². The first-order valence-electron chi connectivity index (χ1n) is 8.42. The molecule has 2 amide bonds. The Kier molecular flexibility index (Phi) is 6.10. The highest BCUT2D eigenvalue weighted by atomic mass is 35.5. The first-order valence-corrected chi connectivity index (χ1v) is 9.68. The van der Waals surface area contributed by atoms with Crippen LogP contribution in [-0.4, -0.2) is 46.8 Å². The van der Waals surface area contributed by atoms with Gasteiger partial charge in [-0.1, -0.05) is 17.7 Å². The molecule has 1 aliphatic heterocycles. The number of carbonyl (C=O) groups excluding carboxylic acids is 2. The molecule has 1 aromatic heterocycles. The Labute approximate surface area is 172 Å². The molecule has 0 spiro atoms. The van der Waals surface area contributed by atoms with Gasteiger partial charge in [0.1, 0.15) is 17.6 Å². The molecule has 2 heterocycles. The highest BCUT2D eigenvalue weighted by molar-refractivity contribution is 7.09. The molecule has 1 aliphatic rings. The smallest absolute Gasteiger partial charge is 0.271 e. The molecule has 1 N–H and O–H groups in total. The van der Waals surface area contributed by atoms with Crippen LogP contribution in [0.3, 0.4) is 0 Å². The lowest BCUT2D eigenvalue weighted by atomic mass is 10.1. The van der Waals surface area contributed by atoms with Crippen molar-refractivity contribution < 1.29 is 22.8 Å². The van der Waals surface area contributed by atoms with Crippen molar-refractivity contribution in [3.05, 3.63) is 50.7 Å². The Morgan fingerprint density at radius 1 is 1.45 bits per heavy atom. The molecule has 0 saturated carbocycles. The standard InChI is InChI=1S/C18H14ClF3N4O2S/c19-13-4-11(20)2-1-10(13)3-15-25-14(8-29-15)17(28)24-7-16(27)26-9-18(21,22)5-12(26)6-23/h1-2,4,8,12H,3,5,7,9H2,(H,24,28)/t12-/m0/s1. The van der Waals surface area contributed by atoms with Crippen molar-refractivity contribution in [2.75, 3.05) is 13.1 Å². The van der Waals surface area contributed by atoms with Crippen molar-refractivity contribution >= 4 is 34.8 Å². The van der Waals surface area contributed by atoms with Gasteiger partial charge < -0.3 is 10.2 Å². The summed E-state index contributed by atoms with van der Waals surface area (Å²) in [6.07, 6.45) is -0.423. The third-order valence-corrected chi connectivity index (χ3v) is 5.48. The fourth-order valence-corrected chi connectivity index (χ4v) is 3.90. The Balaban J connectivity index is 1.58. The third-order valence-electron chi connectivity index (χ3n) is 4.28. The van der Waals surface area contributed by atoms with Crippen LogP contribution in [0.5, 0.6) is 0 Å². The molecule has 1 atom stereocenters. The van der Waals surface area contributed by atoms with Gasteiger partial charge in [0.15, 0.2) is 0 Å². The second-order valence-electron chi connectivity index (χ2n) is 6.45. The van der Waals surface area contributed by atoms with E-state index in [1.165, 1.54) is 34.9 Å². The van der Waals surface area contributed by atoms with E-state index in [4.69, 9.17) is 16.9 Å². The normalized spacial score (nSPS) is 17.8. The van der Waals surface area contributed by atoms with Crippen molar-refractivity contribution in [2.45, 2.75) is 24.8 Å². The molecule has 1 aromatic carbocycles. The third kappa shape index (κ3) is 5.05. The van der Waals surface area contributed by atoms with E-state index in [9.17, 15) is 22.8 Å². The maximum atomic E-state index is 13.4. The second-order valence-corrected chi connectivity index (χ2v) is 7.80. The number of thiazole rings is 1. The summed E-state index contributed by atoms with van der Waals surface area (Å²) < 4.78 is 39.9. The molecule has 0 radical (unpaired) electrons. The van der Waals surface area contributed by atoms with E-state index >= 15 is 0 Å². The van der Waals surface area contributed by atoms with Crippen molar-refractivity contribution in [2.24, 2.45) is 0 Å². The number of rotatable bonds is 5. The number of nitrogens with zero attached hydrogens (tertiary/aromatic N) is 3. The van der Waals surface area contributed by atoms with Crippen LogP contribution in [0.2, 0.25) is 5.02 Å². The van der Waals surface area contributed by atoms with Crippen LogP contribution in [0.4, 0.5) is 13.2 Å². The zero-order valence-corrected chi connectivity index (χ0v) is 16.4. The number of nitrogens with one attached hydrogen (secondary N) is 1. The molecule has 1 fully saturated rings. The van der Waals surface area contributed by atoms with Gasteiger partial charge in [0, 0.05) is 23.2 Å². The highest BCUT2D eigenvalue weighted by Crippen LogP contribution is 2.31. The number of alkyl halides is 2. The van der Waals surface area contributed by atoms with Crippen LogP contribution in [0, 0.1) is 17.1 Å². The van der Waals surface area contributed by atoms with Gasteiger partial charge in [0.05, 0.1) is 24.2 Å². The van der Waals surface area contributed by atoms with Crippen LogP contribution in [0.25, 0.3) is 0 Å². The van der Waals surface area contributed by atoms with E-state index in [2.05, 4.69) is 10.3 Å². The van der Waals surface area contributed by atoms with Crippen LogP contribution >= 0.6 is 22.9 Å². The minimum atomic E-state index is -3.12. The van der Waals surface area contributed by atoms with Crippen LogP contribution in [0.15, 0.2) is 23.6 Å². The average Bonchev–Trinajstić information content (AvgIpc) is 3.25. The number of benzene rings is 1. The van der Waals surface area contributed by atoms with Crippen molar-refractivity contribution in [1.29, 1.82) is 5.26 Å². The van der Waals surface area contributed by atoms with Gasteiger partial charge in [-0.2, -0.15) is 5.26 Å². The summed E-state index contributed by atoms with van der Waals surface area (Å²) in [7, 11) is 0. The molecule has 152 valence electrons. The quantitative estimate of drug-likeness (QED) is 0.771. The summed E-state index contributed by atoms with van der Waals surface area (Å²) in [5, 5.41) is 13.5. The fraction of sp³-hybridized carbons (Fsp3) is 0.333. The number of likely N-dealkylation sites (tertiary alicyclic amines) is 1. The van der Waals surface area contributed by atoms with E-state index in [-0.39, 0.29) is 10.7 Å².